The Labute approximate surface area is 112 Å². The number of carbonyl (C=O) groups is 1. The van der Waals surface area contributed by atoms with Gasteiger partial charge in [-0.05, 0) is 24.9 Å². The van der Waals surface area contributed by atoms with Gasteiger partial charge in [-0.1, -0.05) is 0 Å². The summed E-state index contributed by atoms with van der Waals surface area (Å²) in [5.74, 6) is 1.06. The Kier molecular flexibility index (Phi) is 3.56. The zero-order valence-electron chi connectivity index (χ0n) is 10.7. The number of ether oxygens (including phenoxy) is 3. The third-order valence-corrected chi connectivity index (χ3v) is 5.02. The minimum atomic E-state index is -0.382. The van der Waals surface area contributed by atoms with Crippen molar-refractivity contribution in [3.63, 3.8) is 0 Å². The molecule has 18 heavy (non-hydrogen) atoms. The second kappa shape index (κ2) is 5.02. The van der Waals surface area contributed by atoms with Gasteiger partial charge < -0.3 is 14.2 Å². The summed E-state index contributed by atoms with van der Waals surface area (Å²) in [4.78, 5) is 11.9. The first kappa shape index (κ1) is 12.8. The maximum Gasteiger partial charge on any atom is 0.315 e. The van der Waals surface area contributed by atoms with E-state index >= 15 is 0 Å². The van der Waals surface area contributed by atoms with Gasteiger partial charge in [0.1, 0.15) is 11.5 Å². The van der Waals surface area contributed by atoms with Crippen molar-refractivity contribution in [2.75, 3.05) is 25.2 Å². The van der Waals surface area contributed by atoms with Gasteiger partial charge in [-0.2, -0.15) is 11.8 Å². The minimum absolute atomic E-state index is 0.0626. The molecule has 102 valence electrons. The van der Waals surface area contributed by atoms with Crippen LogP contribution in [-0.4, -0.2) is 49.5 Å². The molecule has 0 saturated carbocycles. The Balaban J connectivity index is 1.60. The molecule has 3 saturated heterocycles. The highest BCUT2D eigenvalue weighted by Crippen LogP contribution is 2.53. The molecule has 3 rings (SSSR count). The minimum Gasteiger partial charge on any atom is -0.465 e. The van der Waals surface area contributed by atoms with Gasteiger partial charge in [-0.3, -0.25) is 4.79 Å². The van der Waals surface area contributed by atoms with Crippen LogP contribution in [0.1, 0.15) is 25.7 Å². The monoisotopic (exact) mass is 272 g/mol. The molecule has 3 aliphatic heterocycles. The molecule has 0 aliphatic carbocycles. The molecular weight excluding hydrogens is 252 g/mol. The number of cyclic esters (lactones) is 1. The van der Waals surface area contributed by atoms with Crippen molar-refractivity contribution in [2.45, 2.75) is 44.0 Å². The van der Waals surface area contributed by atoms with Crippen LogP contribution < -0.4 is 0 Å². The quantitative estimate of drug-likeness (QED) is 0.562. The highest BCUT2D eigenvalue weighted by Gasteiger charge is 2.64. The largest absolute Gasteiger partial charge is 0.465 e. The Bertz CT molecular complexity index is 335. The fraction of sp³-hybridized carbons (Fsp3) is 0.923. The number of hydrogen-bond acceptors (Lipinski definition) is 5. The van der Waals surface area contributed by atoms with Crippen molar-refractivity contribution in [3.05, 3.63) is 0 Å². The lowest BCUT2D eigenvalue weighted by atomic mass is 9.72. The predicted octanol–water partition coefficient (Wildman–Crippen LogP) is 1.62. The van der Waals surface area contributed by atoms with Crippen molar-refractivity contribution in [1.29, 1.82) is 0 Å². The highest BCUT2D eigenvalue weighted by atomic mass is 32.2. The first-order valence-electron chi connectivity index (χ1n) is 6.69. The van der Waals surface area contributed by atoms with E-state index in [1.807, 2.05) is 11.8 Å². The van der Waals surface area contributed by atoms with Crippen molar-refractivity contribution in [2.24, 2.45) is 5.41 Å². The molecule has 0 aromatic heterocycles. The van der Waals surface area contributed by atoms with E-state index in [1.54, 1.807) is 0 Å². The fourth-order valence-electron chi connectivity index (χ4n) is 3.48. The van der Waals surface area contributed by atoms with Crippen LogP contribution in [0.4, 0.5) is 0 Å². The van der Waals surface area contributed by atoms with E-state index in [1.165, 1.54) is 0 Å². The third kappa shape index (κ3) is 1.96. The van der Waals surface area contributed by atoms with E-state index in [0.29, 0.717) is 6.61 Å². The van der Waals surface area contributed by atoms with Gasteiger partial charge in [-0.15, -0.1) is 0 Å². The summed E-state index contributed by atoms with van der Waals surface area (Å²) < 4.78 is 17.0. The number of esters is 1. The average molecular weight is 272 g/mol. The number of fused-ring (bicyclic) bond motifs is 3. The molecule has 3 fully saturated rings. The van der Waals surface area contributed by atoms with Gasteiger partial charge in [0.15, 0.2) is 0 Å². The van der Waals surface area contributed by atoms with Crippen molar-refractivity contribution in [3.8, 4) is 0 Å². The van der Waals surface area contributed by atoms with Crippen LogP contribution in [0.15, 0.2) is 0 Å². The Hall–Kier alpha value is -0.260. The molecule has 0 radical (unpaired) electrons. The maximum atomic E-state index is 11.9. The molecule has 0 N–H and O–H groups in total. The summed E-state index contributed by atoms with van der Waals surface area (Å²) in [5.41, 5.74) is -0.382. The molecular formula is C13H20O4S. The van der Waals surface area contributed by atoms with E-state index in [-0.39, 0.29) is 29.7 Å². The average Bonchev–Trinajstić information content (AvgIpc) is 3.01. The molecule has 3 aliphatic rings. The Morgan fingerprint density at radius 3 is 3.11 bits per heavy atom. The van der Waals surface area contributed by atoms with Crippen molar-refractivity contribution >= 4 is 17.7 Å². The van der Waals surface area contributed by atoms with Crippen LogP contribution >= 0.6 is 11.8 Å². The van der Waals surface area contributed by atoms with E-state index in [2.05, 4.69) is 6.26 Å². The van der Waals surface area contributed by atoms with E-state index in [9.17, 15) is 4.79 Å². The van der Waals surface area contributed by atoms with Crippen LogP contribution in [0.3, 0.4) is 0 Å². The first-order valence-corrected chi connectivity index (χ1v) is 8.09. The number of rotatable bonds is 5. The zero-order chi connectivity index (χ0) is 12.6. The molecule has 4 nitrogen and oxygen atoms in total. The topological polar surface area (TPSA) is 44.8 Å². The summed E-state index contributed by atoms with van der Waals surface area (Å²) >= 11 is 1.83. The molecule has 0 aromatic rings. The Morgan fingerprint density at radius 1 is 1.56 bits per heavy atom. The number of hydrogen-bond donors (Lipinski definition) is 0. The highest BCUT2D eigenvalue weighted by molar-refractivity contribution is 7.98. The van der Waals surface area contributed by atoms with Crippen LogP contribution in [0.2, 0.25) is 0 Å². The van der Waals surface area contributed by atoms with Gasteiger partial charge in [0.25, 0.3) is 0 Å². The van der Waals surface area contributed by atoms with Gasteiger partial charge in [0.05, 0.1) is 18.8 Å². The first-order chi connectivity index (χ1) is 8.76. The van der Waals surface area contributed by atoms with Crippen LogP contribution in [0, 0.1) is 5.41 Å². The summed E-state index contributed by atoms with van der Waals surface area (Å²) in [5, 5.41) is 0. The normalized spacial score (nSPS) is 41.8. The van der Waals surface area contributed by atoms with Crippen LogP contribution in [0.5, 0.6) is 0 Å². The van der Waals surface area contributed by atoms with Gasteiger partial charge in [0.2, 0.25) is 0 Å². The maximum absolute atomic E-state index is 11.9. The fourth-order valence-corrected chi connectivity index (χ4v) is 3.89. The van der Waals surface area contributed by atoms with Gasteiger partial charge >= 0.3 is 5.97 Å². The summed E-state index contributed by atoms with van der Waals surface area (Å²) in [6, 6.07) is 0. The molecule has 3 heterocycles. The smallest absolute Gasteiger partial charge is 0.315 e. The second-order valence-corrected chi connectivity index (χ2v) is 6.40. The molecule has 4 unspecified atom stereocenters. The molecule has 1 spiro atoms. The van der Waals surface area contributed by atoms with E-state index < -0.39 is 0 Å². The zero-order valence-corrected chi connectivity index (χ0v) is 11.5. The van der Waals surface area contributed by atoms with E-state index in [4.69, 9.17) is 14.2 Å². The van der Waals surface area contributed by atoms with Gasteiger partial charge in [0, 0.05) is 19.4 Å². The molecule has 0 amide bonds. The molecule has 5 heteroatoms. The summed E-state index contributed by atoms with van der Waals surface area (Å²) in [6.07, 6.45) is 5.98. The lowest BCUT2D eigenvalue weighted by Crippen LogP contribution is -2.45. The van der Waals surface area contributed by atoms with Crippen molar-refractivity contribution in [1.82, 2.24) is 0 Å². The molecule has 0 aromatic carbocycles. The van der Waals surface area contributed by atoms with E-state index in [0.717, 1.165) is 38.0 Å². The standard InChI is InChI=1S/C13H20O4S/c1-18-6-2-4-15-10-7-9-8-13(11(10)17-9)3-5-16-12(13)14/h9-11H,2-8H2,1H3. The summed E-state index contributed by atoms with van der Waals surface area (Å²) in [7, 11) is 0. The second-order valence-electron chi connectivity index (χ2n) is 5.42. The predicted molar refractivity (Wildman–Crippen MR) is 68.6 cm³/mol. The Morgan fingerprint density at radius 2 is 2.44 bits per heavy atom. The number of carbonyl (C=O) groups excluding carboxylic acids is 1. The number of thioether (sulfide) groups is 1. The van der Waals surface area contributed by atoms with Crippen molar-refractivity contribution < 1.29 is 19.0 Å². The van der Waals surface area contributed by atoms with Gasteiger partial charge in [-0.25, -0.2) is 0 Å². The SMILES string of the molecule is CSCCCOC1CC2CC3(CCOC3=O)C1O2. The van der Waals surface area contributed by atoms with Crippen LogP contribution in [0.25, 0.3) is 0 Å². The lowest BCUT2D eigenvalue weighted by Gasteiger charge is -2.32. The lowest BCUT2D eigenvalue weighted by molar-refractivity contribution is -0.152. The summed E-state index contributed by atoms with van der Waals surface area (Å²) in [6.45, 7) is 1.31. The molecule has 2 bridgehead atoms. The third-order valence-electron chi connectivity index (χ3n) is 4.32. The van der Waals surface area contributed by atoms with Crippen LogP contribution in [-0.2, 0) is 19.0 Å². The molecule has 4 atom stereocenters.